The first-order valence-electron chi connectivity index (χ1n) is 4.32. The standard InChI is InChI=1S/C8H16N2/c9-8-5-7-1-3-10(6-8)4-2-7/h7-8H,1-6,9H2/t8-/m0/s1. The zero-order valence-corrected chi connectivity index (χ0v) is 6.42. The molecule has 10 heavy (non-hydrogen) atoms. The normalized spacial score (nSPS) is 47.1. The van der Waals surface area contributed by atoms with Gasteiger partial charge in [-0.2, -0.15) is 0 Å². The van der Waals surface area contributed by atoms with Crippen molar-refractivity contribution in [2.24, 2.45) is 11.7 Å². The zero-order valence-electron chi connectivity index (χ0n) is 6.42. The molecule has 0 aromatic rings. The van der Waals surface area contributed by atoms with Crippen molar-refractivity contribution in [2.75, 3.05) is 19.6 Å². The molecule has 2 nitrogen and oxygen atoms in total. The lowest BCUT2D eigenvalue weighted by Gasteiger charge is -2.25. The number of nitrogens with two attached hydrogens (primary N) is 1. The molecule has 2 N–H and O–H groups in total. The molecule has 0 aromatic carbocycles. The van der Waals surface area contributed by atoms with E-state index in [2.05, 4.69) is 4.90 Å². The maximum Gasteiger partial charge on any atom is 0.0170 e. The van der Waals surface area contributed by atoms with Crippen molar-refractivity contribution in [1.82, 2.24) is 4.90 Å². The zero-order chi connectivity index (χ0) is 6.97. The predicted octanol–water partition coefficient (Wildman–Crippen LogP) is 0.429. The van der Waals surface area contributed by atoms with Crippen LogP contribution in [-0.2, 0) is 0 Å². The highest BCUT2D eigenvalue weighted by atomic mass is 15.1. The summed E-state index contributed by atoms with van der Waals surface area (Å²) < 4.78 is 0. The van der Waals surface area contributed by atoms with Crippen LogP contribution in [0, 0.1) is 5.92 Å². The van der Waals surface area contributed by atoms with E-state index in [1.165, 1.54) is 32.4 Å². The molecule has 0 saturated carbocycles. The lowest BCUT2D eigenvalue weighted by Crippen LogP contribution is -2.35. The topological polar surface area (TPSA) is 29.3 Å². The van der Waals surface area contributed by atoms with Gasteiger partial charge >= 0.3 is 0 Å². The van der Waals surface area contributed by atoms with Gasteiger partial charge in [-0.15, -0.1) is 0 Å². The molecule has 0 radical (unpaired) electrons. The molecule has 3 aliphatic rings. The largest absolute Gasteiger partial charge is 0.327 e. The molecule has 3 rings (SSSR count). The van der Waals surface area contributed by atoms with Gasteiger partial charge in [0.05, 0.1) is 0 Å². The van der Waals surface area contributed by atoms with E-state index in [0.717, 1.165) is 12.5 Å². The van der Waals surface area contributed by atoms with Crippen molar-refractivity contribution in [3.05, 3.63) is 0 Å². The van der Waals surface area contributed by atoms with Crippen molar-refractivity contribution in [3.8, 4) is 0 Å². The SMILES string of the molecule is N[C@H]1CC2CCN(CC2)C1. The van der Waals surface area contributed by atoms with E-state index < -0.39 is 0 Å². The summed E-state index contributed by atoms with van der Waals surface area (Å²) in [6.45, 7) is 3.76. The average molecular weight is 140 g/mol. The summed E-state index contributed by atoms with van der Waals surface area (Å²) in [6.07, 6.45) is 4.07. The minimum absolute atomic E-state index is 0.468. The Morgan fingerprint density at radius 3 is 2.60 bits per heavy atom. The molecule has 0 aromatic heterocycles. The van der Waals surface area contributed by atoms with Crippen LogP contribution in [0.5, 0.6) is 0 Å². The Hall–Kier alpha value is -0.0800. The van der Waals surface area contributed by atoms with Gasteiger partial charge in [-0.25, -0.2) is 0 Å². The van der Waals surface area contributed by atoms with Crippen molar-refractivity contribution in [3.63, 3.8) is 0 Å². The minimum Gasteiger partial charge on any atom is -0.327 e. The number of nitrogens with zero attached hydrogens (tertiary/aromatic N) is 1. The summed E-state index contributed by atoms with van der Waals surface area (Å²) in [5.74, 6) is 0.953. The summed E-state index contributed by atoms with van der Waals surface area (Å²) in [4.78, 5) is 2.51. The fraction of sp³-hybridized carbons (Fsp3) is 1.00. The maximum atomic E-state index is 5.91. The molecule has 1 atom stereocenters. The van der Waals surface area contributed by atoms with Crippen LogP contribution in [-0.4, -0.2) is 30.6 Å². The van der Waals surface area contributed by atoms with Gasteiger partial charge < -0.3 is 10.6 Å². The summed E-state index contributed by atoms with van der Waals surface area (Å²) >= 11 is 0. The second kappa shape index (κ2) is 2.51. The third kappa shape index (κ3) is 1.18. The molecule has 3 aliphatic heterocycles. The van der Waals surface area contributed by atoms with Gasteiger partial charge in [0.1, 0.15) is 0 Å². The monoisotopic (exact) mass is 140 g/mol. The maximum absolute atomic E-state index is 5.91. The van der Waals surface area contributed by atoms with Crippen LogP contribution in [0.4, 0.5) is 0 Å². The van der Waals surface area contributed by atoms with Crippen molar-refractivity contribution in [1.29, 1.82) is 0 Å². The Morgan fingerprint density at radius 2 is 1.90 bits per heavy atom. The van der Waals surface area contributed by atoms with Crippen molar-refractivity contribution in [2.45, 2.75) is 25.3 Å². The Labute approximate surface area is 62.4 Å². The van der Waals surface area contributed by atoms with Crippen LogP contribution in [0.25, 0.3) is 0 Å². The molecule has 2 heteroatoms. The van der Waals surface area contributed by atoms with Gasteiger partial charge in [0, 0.05) is 12.6 Å². The van der Waals surface area contributed by atoms with E-state index in [0.29, 0.717) is 6.04 Å². The van der Waals surface area contributed by atoms with Gasteiger partial charge in [0.15, 0.2) is 0 Å². The average Bonchev–Trinajstić information content (AvgIpc) is 2.17. The van der Waals surface area contributed by atoms with Crippen LogP contribution in [0.1, 0.15) is 19.3 Å². The fourth-order valence-electron chi connectivity index (χ4n) is 2.24. The number of hydrogen-bond donors (Lipinski definition) is 1. The Morgan fingerprint density at radius 1 is 1.20 bits per heavy atom. The first-order chi connectivity index (χ1) is 4.84. The van der Waals surface area contributed by atoms with E-state index in [4.69, 9.17) is 5.73 Å². The molecule has 0 amide bonds. The number of rotatable bonds is 0. The molecular formula is C8H16N2. The molecule has 0 aliphatic carbocycles. The van der Waals surface area contributed by atoms with Crippen molar-refractivity contribution >= 4 is 0 Å². The third-order valence-corrected chi connectivity index (χ3v) is 2.84. The van der Waals surface area contributed by atoms with Crippen LogP contribution in [0.15, 0.2) is 0 Å². The molecule has 58 valence electrons. The van der Waals surface area contributed by atoms with Gasteiger partial charge in [-0.05, 0) is 38.3 Å². The van der Waals surface area contributed by atoms with Gasteiger partial charge in [-0.3, -0.25) is 0 Å². The predicted molar refractivity (Wildman–Crippen MR) is 41.8 cm³/mol. The number of fused-ring (bicyclic) bond motifs is 4. The first-order valence-corrected chi connectivity index (χ1v) is 4.32. The second-order valence-electron chi connectivity index (χ2n) is 3.74. The Kier molecular flexibility index (Phi) is 1.66. The molecule has 3 saturated heterocycles. The van der Waals surface area contributed by atoms with E-state index in [-0.39, 0.29) is 0 Å². The first kappa shape index (κ1) is 6.62. The Bertz CT molecular complexity index is 102. The molecule has 3 heterocycles. The highest BCUT2D eigenvalue weighted by molar-refractivity contribution is 4.83. The van der Waals surface area contributed by atoms with Crippen LogP contribution in [0.2, 0.25) is 0 Å². The summed E-state index contributed by atoms with van der Waals surface area (Å²) in [7, 11) is 0. The van der Waals surface area contributed by atoms with Crippen LogP contribution >= 0.6 is 0 Å². The van der Waals surface area contributed by atoms with Crippen LogP contribution in [0.3, 0.4) is 0 Å². The molecule has 2 bridgehead atoms. The quantitative estimate of drug-likeness (QED) is 0.528. The highest BCUT2D eigenvalue weighted by Gasteiger charge is 2.26. The lowest BCUT2D eigenvalue weighted by molar-refractivity contribution is 0.223. The van der Waals surface area contributed by atoms with Crippen LogP contribution < -0.4 is 5.73 Å². The molecule has 0 spiro atoms. The lowest BCUT2D eigenvalue weighted by atomic mass is 9.94. The smallest absolute Gasteiger partial charge is 0.0170 e. The van der Waals surface area contributed by atoms with Gasteiger partial charge in [0.25, 0.3) is 0 Å². The molecule has 0 unspecified atom stereocenters. The van der Waals surface area contributed by atoms with Gasteiger partial charge in [0.2, 0.25) is 0 Å². The minimum atomic E-state index is 0.468. The summed E-state index contributed by atoms with van der Waals surface area (Å²) in [6, 6.07) is 0.468. The second-order valence-corrected chi connectivity index (χ2v) is 3.74. The van der Waals surface area contributed by atoms with E-state index in [1.54, 1.807) is 0 Å². The summed E-state index contributed by atoms with van der Waals surface area (Å²) in [5, 5.41) is 0. The fourth-order valence-corrected chi connectivity index (χ4v) is 2.24. The van der Waals surface area contributed by atoms with Crippen molar-refractivity contribution < 1.29 is 0 Å². The number of piperidine rings is 1. The number of hydrogen-bond acceptors (Lipinski definition) is 2. The summed E-state index contributed by atoms with van der Waals surface area (Å²) in [5.41, 5.74) is 5.91. The van der Waals surface area contributed by atoms with E-state index in [9.17, 15) is 0 Å². The van der Waals surface area contributed by atoms with Gasteiger partial charge in [-0.1, -0.05) is 0 Å². The highest BCUT2D eigenvalue weighted by Crippen LogP contribution is 2.25. The molecular weight excluding hydrogens is 124 g/mol. The Balaban J connectivity index is 2.05. The van der Waals surface area contributed by atoms with E-state index >= 15 is 0 Å². The molecule has 3 fully saturated rings. The third-order valence-electron chi connectivity index (χ3n) is 2.84. The van der Waals surface area contributed by atoms with E-state index in [1.807, 2.05) is 0 Å².